The number of carbonyl (C=O) groups is 1. The van der Waals surface area contributed by atoms with Gasteiger partial charge in [0, 0.05) is 24.9 Å². The Morgan fingerprint density at radius 2 is 1.35 bits per heavy atom. The predicted molar refractivity (Wildman–Crippen MR) is 155 cm³/mol. The standard InChI is InChI=1S/C34H35NO5/c1-2-38-33(36)34(37)21-22-35(29-18-10-12-20-32(29)40-25-27-15-7-4-8-16-27)30(23-34)28-17-9-11-19-31(28)39-24-26-13-5-3-6-14-26/h3-20,30,37H,2,21-25H2,1H3. The van der Waals surface area contributed by atoms with Crippen molar-refractivity contribution in [1.82, 2.24) is 0 Å². The van der Waals surface area contributed by atoms with E-state index in [0.717, 1.165) is 28.1 Å². The number of esters is 1. The van der Waals surface area contributed by atoms with Gasteiger partial charge >= 0.3 is 5.97 Å². The fraction of sp³-hybridized carbons (Fsp3) is 0.265. The molecule has 0 spiro atoms. The molecule has 1 aliphatic rings. The molecule has 2 unspecified atom stereocenters. The minimum atomic E-state index is -1.61. The lowest BCUT2D eigenvalue weighted by Gasteiger charge is -2.44. The number of anilines is 1. The fourth-order valence-corrected chi connectivity index (χ4v) is 5.18. The zero-order chi connectivity index (χ0) is 27.8. The van der Waals surface area contributed by atoms with E-state index in [4.69, 9.17) is 14.2 Å². The third-order valence-electron chi connectivity index (χ3n) is 7.26. The van der Waals surface area contributed by atoms with Gasteiger partial charge in [0.25, 0.3) is 0 Å². The summed E-state index contributed by atoms with van der Waals surface area (Å²) in [7, 11) is 0. The maximum atomic E-state index is 12.9. The van der Waals surface area contributed by atoms with Crippen molar-refractivity contribution in [2.75, 3.05) is 18.1 Å². The van der Waals surface area contributed by atoms with E-state index in [9.17, 15) is 9.90 Å². The number of rotatable bonds is 10. The lowest BCUT2D eigenvalue weighted by atomic mass is 9.82. The average molecular weight is 538 g/mol. The molecule has 2 atom stereocenters. The van der Waals surface area contributed by atoms with Crippen LogP contribution in [0.1, 0.15) is 42.5 Å². The SMILES string of the molecule is CCOC(=O)C1(O)CCN(c2ccccc2OCc2ccccc2)C(c2ccccc2OCc2ccccc2)C1. The first-order valence-corrected chi connectivity index (χ1v) is 13.7. The molecule has 1 N–H and O–H groups in total. The van der Waals surface area contributed by atoms with Crippen LogP contribution in [0.2, 0.25) is 0 Å². The molecule has 206 valence electrons. The summed E-state index contributed by atoms with van der Waals surface area (Å²) in [4.78, 5) is 15.1. The predicted octanol–water partition coefficient (Wildman–Crippen LogP) is 6.48. The first kappa shape index (κ1) is 27.3. The molecule has 0 aromatic heterocycles. The van der Waals surface area contributed by atoms with Gasteiger partial charge in [0.1, 0.15) is 24.7 Å². The highest BCUT2D eigenvalue weighted by Crippen LogP contribution is 2.45. The zero-order valence-electron chi connectivity index (χ0n) is 22.7. The van der Waals surface area contributed by atoms with Crippen molar-refractivity contribution in [2.45, 2.75) is 44.6 Å². The molecule has 1 aliphatic heterocycles. The van der Waals surface area contributed by atoms with Gasteiger partial charge in [-0.2, -0.15) is 0 Å². The van der Waals surface area contributed by atoms with Crippen LogP contribution >= 0.6 is 0 Å². The number of hydrogen-bond donors (Lipinski definition) is 1. The van der Waals surface area contributed by atoms with E-state index in [1.807, 2.05) is 109 Å². The van der Waals surface area contributed by atoms with Gasteiger partial charge in [-0.05, 0) is 36.2 Å². The van der Waals surface area contributed by atoms with Gasteiger partial charge in [0.15, 0.2) is 5.60 Å². The van der Waals surface area contributed by atoms with E-state index < -0.39 is 11.6 Å². The van der Waals surface area contributed by atoms with Crippen LogP contribution < -0.4 is 14.4 Å². The van der Waals surface area contributed by atoms with Gasteiger partial charge < -0.3 is 24.2 Å². The number of piperidine rings is 1. The summed E-state index contributed by atoms with van der Waals surface area (Å²) in [6, 6.07) is 35.4. The number of carbonyl (C=O) groups excluding carboxylic acids is 1. The van der Waals surface area contributed by atoms with Crippen molar-refractivity contribution < 1.29 is 24.1 Å². The van der Waals surface area contributed by atoms with Crippen molar-refractivity contribution in [3.8, 4) is 11.5 Å². The highest BCUT2D eigenvalue weighted by atomic mass is 16.5. The smallest absolute Gasteiger partial charge is 0.338 e. The molecule has 4 aromatic rings. The topological polar surface area (TPSA) is 68.2 Å². The van der Waals surface area contributed by atoms with Crippen LogP contribution in [0, 0.1) is 0 Å². The maximum Gasteiger partial charge on any atom is 0.338 e. The Balaban J connectivity index is 1.48. The Labute approximate surface area is 235 Å². The Morgan fingerprint density at radius 3 is 2.00 bits per heavy atom. The van der Waals surface area contributed by atoms with Gasteiger partial charge in [0.05, 0.1) is 18.3 Å². The van der Waals surface area contributed by atoms with E-state index in [2.05, 4.69) is 4.90 Å². The minimum Gasteiger partial charge on any atom is -0.489 e. The molecule has 0 radical (unpaired) electrons. The van der Waals surface area contributed by atoms with Crippen LogP contribution in [-0.2, 0) is 22.7 Å². The average Bonchev–Trinajstić information content (AvgIpc) is 3.00. The molecule has 0 bridgehead atoms. The molecule has 5 rings (SSSR count). The Morgan fingerprint density at radius 1 is 0.800 bits per heavy atom. The summed E-state index contributed by atoms with van der Waals surface area (Å²) in [5.41, 5.74) is 2.30. The second kappa shape index (κ2) is 12.7. The van der Waals surface area contributed by atoms with Gasteiger partial charge in [-0.3, -0.25) is 0 Å². The largest absolute Gasteiger partial charge is 0.489 e. The monoisotopic (exact) mass is 537 g/mol. The van der Waals surface area contributed by atoms with E-state index >= 15 is 0 Å². The lowest BCUT2D eigenvalue weighted by Crippen LogP contribution is -2.51. The molecule has 6 heteroatoms. The van der Waals surface area contributed by atoms with Crippen LogP contribution in [0.3, 0.4) is 0 Å². The van der Waals surface area contributed by atoms with Crippen molar-refractivity contribution in [3.63, 3.8) is 0 Å². The number of aliphatic hydroxyl groups is 1. The number of para-hydroxylation sites is 3. The second-order valence-corrected chi connectivity index (χ2v) is 9.97. The maximum absolute atomic E-state index is 12.9. The molecule has 0 saturated carbocycles. The molecular weight excluding hydrogens is 502 g/mol. The van der Waals surface area contributed by atoms with E-state index in [-0.39, 0.29) is 25.5 Å². The zero-order valence-corrected chi connectivity index (χ0v) is 22.7. The molecule has 0 amide bonds. The van der Waals surface area contributed by atoms with Gasteiger partial charge in [0.2, 0.25) is 0 Å². The first-order valence-electron chi connectivity index (χ1n) is 13.7. The Kier molecular flexibility index (Phi) is 8.67. The molecule has 4 aromatic carbocycles. The van der Waals surface area contributed by atoms with Crippen molar-refractivity contribution in [3.05, 3.63) is 126 Å². The van der Waals surface area contributed by atoms with Crippen LogP contribution in [0.25, 0.3) is 0 Å². The molecule has 0 aliphatic carbocycles. The summed E-state index contributed by atoms with van der Waals surface area (Å²) < 4.78 is 17.9. The normalized spacial score (nSPS) is 18.6. The summed E-state index contributed by atoms with van der Waals surface area (Å²) in [6.45, 7) is 3.23. The van der Waals surface area contributed by atoms with Crippen LogP contribution in [0.5, 0.6) is 11.5 Å². The summed E-state index contributed by atoms with van der Waals surface area (Å²) >= 11 is 0. The highest BCUT2D eigenvalue weighted by molar-refractivity contribution is 5.80. The fourth-order valence-electron chi connectivity index (χ4n) is 5.18. The lowest BCUT2D eigenvalue weighted by molar-refractivity contribution is -0.168. The molecule has 1 saturated heterocycles. The highest BCUT2D eigenvalue weighted by Gasteiger charge is 2.46. The molecule has 1 heterocycles. The number of nitrogens with zero attached hydrogens (tertiary/aromatic N) is 1. The molecule has 6 nitrogen and oxygen atoms in total. The van der Waals surface area contributed by atoms with Crippen molar-refractivity contribution in [2.24, 2.45) is 0 Å². The quantitative estimate of drug-likeness (QED) is 0.234. The van der Waals surface area contributed by atoms with Crippen molar-refractivity contribution >= 4 is 11.7 Å². The Bertz CT molecular complexity index is 1390. The minimum absolute atomic E-state index is 0.157. The Hall–Kier alpha value is -4.29. The molecular formula is C34H35NO5. The van der Waals surface area contributed by atoms with Crippen LogP contribution in [0.15, 0.2) is 109 Å². The summed E-state index contributed by atoms with van der Waals surface area (Å²) in [6.07, 6.45) is 0.396. The van der Waals surface area contributed by atoms with Gasteiger partial charge in [-0.25, -0.2) is 4.79 Å². The van der Waals surface area contributed by atoms with Crippen molar-refractivity contribution in [1.29, 1.82) is 0 Å². The summed E-state index contributed by atoms with van der Waals surface area (Å²) in [5, 5.41) is 11.5. The summed E-state index contributed by atoms with van der Waals surface area (Å²) in [5.74, 6) is 0.855. The van der Waals surface area contributed by atoms with E-state index in [0.29, 0.717) is 25.5 Å². The van der Waals surface area contributed by atoms with Gasteiger partial charge in [-0.15, -0.1) is 0 Å². The molecule has 1 fully saturated rings. The molecule has 40 heavy (non-hydrogen) atoms. The number of benzene rings is 4. The van der Waals surface area contributed by atoms with Crippen LogP contribution in [0.4, 0.5) is 5.69 Å². The van der Waals surface area contributed by atoms with E-state index in [1.54, 1.807) is 6.92 Å². The van der Waals surface area contributed by atoms with E-state index in [1.165, 1.54) is 0 Å². The number of ether oxygens (including phenoxy) is 3. The second-order valence-electron chi connectivity index (χ2n) is 9.97. The third kappa shape index (κ3) is 6.29. The van der Waals surface area contributed by atoms with Gasteiger partial charge in [-0.1, -0.05) is 91.0 Å². The third-order valence-corrected chi connectivity index (χ3v) is 7.26. The number of hydrogen-bond acceptors (Lipinski definition) is 6. The first-order chi connectivity index (χ1) is 19.6. The van der Waals surface area contributed by atoms with Crippen LogP contribution in [-0.4, -0.2) is 29.8 Å².